The number of hydrogen-bond donors (Lipinski definition) is 0. The van der Waals surface area contributed by atoms with Crippen LogP contribution in [0.1, 0.15) is 15.9 Å². The summed E-state index contributed by atoms with van der Waals surface area (Å²) < 4.78 is 5.02. The number of aromatic nitrogens is 1. The highest BCUT2D eigenvalue weighted by Gasteiger charge is 2.14. The molecule has 0 aliphatic rings. The number of carbonyl (C=O) groups excluding carboxylic acids is 1. The lowest BCUT2D eigenvalue weighted by atomic mass is 10.2. The lowest BCUT2D eigenvalue weighted by molar-refractivity contribution is -0.385. The predicted molar refractivity (Wildman–Crippen MR) is 66.5 cm³/mol. The third kappa shape index (κ3) is 3.12. The van der Waals surface area contributed by atoms with Crippen molar-refractivity contribution in [2.24, 2.45) is 0 Å². The number of carbonyl (C=O) groups is 1. The van der Waals surface area contributed by atoms with Crippen LogP contribution in [0.3, 0.4) is 0 Å². The fourth-order valence-electron chi connectivity index (χ4n) is 1.52. The maximum absolute atomic E-state index is 11.7. The van der Waals surface area contributed by atoms with Gasteiger partial charge >= 0.3 is 5.97 Å². The molecule has 1 aromatic heterocycles. The van der Waals surface area contributed by atoms with Crippen LogP contribution in [0.5, 0.6) is 0 Å². The predicted octanol–water partition coefficient (Wildman–Crippen LogP) is 2.35. The van der Waals surface area contributed by atoms with E-state index < -0.39 is 10.9 Å². The van der Waals surface area contributed by atoms with Gasteiger partial charge in [0, 0.05) is 18.5 Å². The monoisotopic (exact) mass is 258 g/mol. The highest BCUT2D eigenvalue weighted by Crippen LogP contribution is 2.18. The molecule has 0 aliphatic carbocycles. The maximum atomic E-state index is 11.7. The summed E-state index contributed by atoms with van der Waals surface area (Å²) in [6, 6.07) is 9.31. The highest BCUT2D eigenvalue weighted by molar-refractivity contribution is 5.88. The summed E-state index contributed by atoms with van der Waals surface area (Å²) in [4.78, 5) is 25.7. The van der Waals surface area contributed by atoms with Gasteiger partial charge in [-0.1, -0.05) is 12.1 Å². The Balaban J connectivity index is 2.07. The van der Waals surface area contributed by atoms with E-state index >= 15 is 0 Å². The van der Waals surface area contributed by atoms with Gasteiger partial charge in [-0.25, -0.2) is 4.79 Å². The number of para-hydroxylation sites is 1. The molecule has 1 aromatic carbocycles. The van der Waals surface area contributed by atoms with Gasteiger partial charge in [-0.05, 0) is 18.2 Å². The number of nitro groups is 1. The average molecular weight is 258 g/mol. The second kappa shape index (κ2) is 5.72. The first-order chi connectivity index (χ1) is 9.18. The lowest BCUT2D eigenvalue weighted by Gasteiger charge is -2.05. The molecule has 0 radical (unpaired) electrons. The largest absolute Gasteiger partial charge is 0.457 e. The first-order valence-electron chi connectivity index (χ1n) is 5.48. The molecule has 0 atom stereocenters. The summed E-state index contributed by atoms with van der Waals surface area (Å²) in [5, 5.41) is 10.8. The molecule has 96 valence electrons. The minimum Gasteiger partial charge on any atom is -0.457 e. The molecule has 19 heavy (non-hydrogen) atoms. The molecule has 6 nitrogen and oxygen atoms in total. The second-order valence-electron chi connectivity index (χ2n) is 3.70. The number of esters is 1. The standard InChI is InChI=1S/C13H10N2O4/c16-13(10-5-3-7-14-8-10)19-9-11-4-1-2-6-12(11)15(17)18/h1-8H,9H2. The van der Waals surface area contributed by atoms with E-state index in [0.717, 1.165) is 0 Å². The third-order valence-corrected chi connectivity index (χ3v) is 2.44. The number of pyridine rings is 1. The van der Waals surface area contributed by atoms with Crippen LogP contribution in [0, 0.1) is 10.1 Å². The van der Waals surface area contributed by atoms with Crippen LogP contribution < -0.4 is 0 Å². The molecule has 0 aliphatic heterocycles. The van der Waals surface area contributed by atoms with Crippen molar-refractivity contribution < 1.29 is 14.5 Å². The molecule has 0 amide bonds. The molecule has 0 saturated heterocycles. The smallest absolute Gasteiger partial charge is 0.340 e. The van der Waals surface area contributed by atoms with Gasteiger partial charge in [-0.15, -0.1) is 0 Å². The van der Waals surface area contributed by atoms with E-state index in [1.165, 1.54) is 12.3 Å². The van der Waals surface area contributed by atoms with E-state index in [1.54, 1.807) is 36.5 Å². The number of benzene rings is 1. The molecule has 0 fully saturated rings. The van der Waals surface area contributed by atoms with Gasteiger partial charge in [0.2, 0.25) is 0 Å². The normalized spacial score (nSPS) is 9.89. The summed E-state index contributed by atoms with van der Waals surface area (Å²) in [5.41, 5.74) is 0.590. The zero-order valence-corrected chi connectivity index (χ0v) is 9.85. The first kappa shape index (κ1) is 12.7. The Morgan fingerprint density at radius 2 is 2.05 bits per heavy atom. The number of hydrogen-bond acceptors (Lipinski definition) is 5. The Kier molecular flexibility index (Phi) is 3.82. The van der Waals surface area contributed by atoms with Crippen LogP contribution >= 0.6 is 0 Å². The lowest BCUT2D eigenvalue weighted by Crippen LogP contribution is -2.06. The molecular formula is C13H10N2O4. The van der Waals surface area contributed by atoms with Crippen LogP contribution in [0.15, 0.2) is 48.8 Å². The third-order valence-electron chi connectivity index (χ3n) is 2.44. The van der Waals surface area contributed by atoms with Gasteiger partial charge < -0.3 is 4.74 Å². The van der Waals surface area contributed by atoms with Crippen molar-refractivity contribution in [2.75, 3.05) is 0 Å². The van der Waals surface area contributed by atoms with Gasteiger partial charge in [0.25, 0.3) is 5.69 Å². The van der Waals surface area contributed by atoms with E-state index in [1.807, 2.05) is 0 Å². The molecule has 0 saturated carbocycles. The van der Waals surface area contributed by atoms with Crippen LogP contribution in [-0.4, -0.2) is 15.9 Å². The minimum atomic E-state index is -0.564. The Hall–Kier alpha value is -2.76. The van der Waals surface area contributed by atoms with Crippen LogP contribution in [0.4, 0.5) is 5.69 Å². The quantitative estimate of drug-likeness (QED) is 0.477. The fraction of sp³-hybridized carbons (Fsp3) is 0.0769. The molecule has 0 N–H and O–H groups in total. The van der Waals surface area contributed by atoms with Gasteiger partial charge in [-0.3, -0.25) is 15.1 Å². The van der Waals surface area contributed by atoms with Crippen molar-refractivity contribution in [1.29, 1.82) is 0 Å². The van der Waals surface area contributed by atoms with Gasteiger partial charge in [-0.2, -0.15) is 0 Å². The zero-order chi connectivity index (χ0) is 13.7. The Bertz CT molecular complexity index is 599. The van der Waals surface area contributed by atoms with Crippen molar-refractivity contribution in [3.05, 3.63) is 70.0 Å². The number of nitro benzene ring substituents is 1. The SMILES string of the molecule is O=C(OCc1ccccc1[N+](=O)[O-])c1cccnc1. The topological polar surface area (TPSA) is 82.3 Å². The number of nitrogens with zero attached hydrogens (tertiary/aromatic N) is 2. The van der Waals surface area contributed by atoms with Crippen LogP contribution in [0.2, 0.25) is 0 Å². The summed E-state index contributed by atoms with van der Waals surface area (Å²) in [5.74, 6) is -0.564. The fourth-order valence-corrected chi connectivity index (χ4v) is 1.52. The van der Waals surface area contributed by atoms with Crippen LogP contribution in [0.25, 0.3) is 0 Å². The first-order valence-corrected chi connectivity index (χ1v) is 5.48. The van der Waals surface area contributed by atoms with E-state index in [2.05, 4.69) is 4.98 Å². The summed E-state index contributed by atoms with van der Waals surface area (Å²) in [7, 11) is 0. The molecule has 2 aromatic rings. The molecule has 0 spiro atoms. The van der Waals surface area contributed by atoms with Crippen molar-refractivity contribution in [1.82, 2.24) is 4.98 Å². The van der Waals surface area contributed by atoms with Gasteiger partial charge in [0.15, 0.2) is 0 Å². The summed E-state index contributed by atoms with van der Waals surface area (Å²) in [6.45, 7) is -0.148. The van der Waals surface area contributed by atoms with Crippen LogP contribution in [-0.2, 0) is 11.3 Å². The van der Waals surface area contributed by atoms with E-state index in [4.69, 9.17) is 4.74 Å². The Labute approximate surface area is 108 Å². The van der Waals surface area contributed by atoms with E-state index in [0.29, 0.717) is 11.1 Å². The molecule has 0 bridgehead atoms. The van der Waals surface area contributed by atoms with Crippen molar-refractivity contribution in [2.45, 2.75) is 6.61 Å². The van der Waals surface area contributed by atoms with E-state index in [-0.39, 0.29) is 12.3 Å². The molecular weight excluding hydrogens is 248 g/mol. The molecule has 6 heteroatoms. The van der Waals surface area contributed by atoms with Crippen molar-refractivity contribution in [3.63, 3.8) is 0 Å². The minimum absolute atomic E-state index is 0.0681. The number of ether oxygens (including phenoxy) is 1. The Morgan fingerprint density at radius 1 is 1.26 bits per heavy atom. The zero-order valence-electron chi connectivity index (χ0n) is 9.85. The molecule has 0 unspecified atom stereocenters. The number of rotatable bonds is 4. The molecule has 1 heterocycles. The maximum Gasteiger partial charge on any atom is 0.340 e. The second-order valence-corrected chi connectivity index (χ2v) is 3.70. The van der Waals surface area contributed by atoms with Gasteiger partial charge in [0.1, 0.15) is 6.61 Å². The van der Waals surface area contributed by atoms with Gasteiger partial charge in [0.05, 0.1) is 16.1 Å². The summed E-state index contributed by atoms with van der Waals surface area (Å²) in [6.07, 6.45) is 2.92. The molecule has 2 rings (SSSR count). The van der Waals surface area contributed by atoms with Crippen molar-refractivity contribution >= 4 is 11.7 Å². The summed E-state index contributed by atoms with van der Waals surface area (Å²) >= 11 is 0. The average Bonchev–Trinajstić information content (AvgIpc) is 2.46. The highest BCUT2D eigenvalue weighted by atomic mass is 16.6. The Morgan fingerprint density at radius 3 is 2.74 bits per heavy atom. The van der Waals surface area contributed by atoms with E-state index in [9.17, 15) is 14.9 Å². The van der Waals surface area contributed by atoms with Crippen molar-refractivity contribution in [3.8, 4) is 0 Å².